The summed E-state index contributed by atoms with van der Waals surface area (Å²) in [4.78, 5) is 26.4. The molecular formula is C12H12ClN3O5S. The second-order valence-electron chi connectivity index (χ2n) is 4.32. The summed E-state index contributed by atoms with van der Waals surface area (Å²) >= 11 is 5.91. The van der Waals surface area contributed by atoms with Crippen molar-refractivity contribution in [3.05, 3.63) is 49.8 Å². The van der Waals surface area contributed by atoms with Crippen LogP contribution in [0.25, 0.3) is 0 Å². The predicted octanol–water partition coefficient (Wildman–Crippen LogP) is 0.834. The lowest BCUT2D eigenvalue weighted by atomic mass is 10.3. The molecule has 0 aliphatic rings. The number of anilines is 1. The first-order valence-corrected chi connectivity index (χ1v) is 7.80. The fourth-order valence-corrected chi connectivity index (χ4v) is 3.39. The molecule has 0 saturated heterocycles. The molecule has 0 aliphatic carbocycles. The van der Waals surface area contributed by atoms with Gasteiger partial charge in [0.2, 0.25) is 0 Å². The SMILES string of the molecule is COc1ccc(NS(=O)(=O)c2c(C)[nH]c(=O)[nH]c2=O)cc1Cl. The van der Waals surface area contributed by atoms with Crippen molar-refractivity contribution in [2.75, 3.05) is 11.8 Å². The van der Waals surface area contributed by atoms with Gasteiger partial charge >= 0.3 is 5.69 Å². The molecule has 22 heavy (non-hydrogen) atoms. The lowest BCUT2D eigenvalue weighted by molar-refractivity contribution is 0.415. The zero-order valence-corrected chi connectivity index (χ0v) is 13.1. The van der Waals surface area contributed by atoms with E-state index in [0.29, 0.717) is 5.75 Å². The number of sulfonamides is 1. The van der Waals surface area contributed by atoms with Crippen molar-refractivity contribution in [1.29, 1.82) is 0 Å². The summed E-state index contributed by atoms with van der Waals surface area (Å²) in [5, 5.41) is 0.204. The lowest BCUT2D eigenvalue weighted by Crippen LogP contribution is -2.31. The first-order chi connectivity index (χ1) is 10.2. The van der Waals surface area contributed by atoms with E-state index in [9.17, 15) is 18.0 Å². The number of H-pyrrole nitrogens is 2. The van der Waals surface area contributed by atoms with Crippen molar-refractivity contribution in [1.82, 2.24) is 9.97 Å². The summed E-state index contributed by atoms with van der Waals surface area (Å²) in [5.74, 6) is 0.377. The minimum atomic E-state index is -4.19. The second-order valence-corrected chi connectivity index (χ2v) is 6.34. The van der Waals surface area contributed by atoms with Gasteiger partial charge in [-0.15, -0.1) is 0 Å². The van der Waals surface area contributed by atoms with Gasteiger partial charge in [0, 0.05) is 5.69 Å². The Bertz CT molecular complexity index is 933. The molecule has 10 heteroatoms. The van der Waals surface area contributed by atoms with Crippen molar-refractivity contribution < 1.29 is 13.2 Å². The predicted molar refractivity (Wildman–Crippen MR) is 81.2 cm³/mol. The maximum absolute atomic E-state index is 12.3. The molecule has 0 bridgehead atoms. The molecule has 0 atom stereocenters. The second kappa shape index (κ2) is 5.85. The number of nitrogens with one attached hydrogen (secondary N) is 3. The van der Waals surface area contributed by atoms with Crippen LogP contribution in [0.15, 0.2) is 32.7 Å². The van der Waals surface area contributed by atoms with Crippen LogP contribution in [0.5, 0.6) is 5.75 Å². The number of aryl methyl sites for hydroxylation is 1. The van der Waals surface area contributed by atoms with E-state index < -0.39 is 26.2 Å². The van der Waals surface area contributed by atoms with Gasteiger partial charge in [-0.25, -0.2) is 13.2 Å². The molecule has 0 amide bonds. The highest BCUT2D eigenvalue weighted by molar-refractivity contribution is 7.92. The Morgan fingerprint density at radius 2 is 1.91 bits per heavy atom. The Kier molecular flexibility index (Phi) is 4.29. The molecule has 0 aliphatic heterocycles. The van der Waals surface area contributed by atoms with Crippen LogP contribution in [0, 0.1) is 6.92 Å². The Morgan fingerprint density at radius 1 is 1.23 bits per heavy atom. The molecule has 0 unspecified atom stereocenters. The molecule has 0 radical (unpaired) electrons. The van der Waals surface area contributed by atoms with Gasteiger partial charge in [-0.05, 0) is 25.1 Å². The van der Waals surface area contributed by atoms with E-state index in [4.69, 9.17) is 16.3 Å². The molecule has 0 fully saturated rings. The van der Waals surface area contributed by atoms with Gasteiger partial charge in [-0.2, -0.15) is 0 Å². The maximum Gasteiger partial charge on any atom is 0.325 e. The zero-order chi connectivity index (χ0) is 16.5. The van der Waals surface area contributed by atoms with Gasteiger partial charge in [0.05, 0.1) is 17.8 Å². The summed E-state index contributed by atoms with van der Waals surface area (Å²) in [6, 6.07) is 4.24. The third-order valence-electron chi connectivity index (χ3n) is 2.75. The van der Waals surface area contributed by atoms with Crippen LogP contribution in [0.4, 0.5) is 5.69 Å². The van der Waals surface area contributed by atoms with Crippen molar-refractivity contribution in [3.63, 3.8) is 0 Å². The van der Waals surface area contributed by atoms with E-state index >= 15 is 0 Å². The third kappa shape index (κ3) is 3.15. The smallest absolute Gasteiger partial charge is 0.325 e. The Balaban J connectivity index is 2.47. The summed E-state index contributed by atoms with van der Waals surface area (Å²) in [6.07, 6.45) is 0. The average Bonchev–Trinajstić information content (AvgIpc) is 2.36. The standard InChI is InChI=1S/C12H12ClN3O5S/c1-6-10(11(17)15-12(18)14-6)22(19,20)16-7-3-4-9(21-2)8(13)5-7/h3-5,16H,1-2H3,(H2,14,15,17,18). The molecule has 2 aromatic rings. The number of aromatic nitrogens is 2. The fourth-order valence-electron chi connectivity index (χ4n) is 1.85. The highest BCUT2D eigenvalue weighted by atomic mass is 35.5. The van der Waals surface area contributed by atoms with Crippen LogP contribution in [0.2, 0.25) is 5.02 Å². The molecule has 1 heterocycles. The van der Waals surface area contributed by atoms with Gasteiger partial charge in [0.1, 0.15) is 5.75 Å². The van der Waals surface area contributed by atoms with E-state index in [1.165, 1.54) is 32.2 Å². The summed E-state index contributed by atoms with van der Waals surface area (Å²) in [5.41, 5.74) is -1.71. The van der Waals surface area contributed by atoms with Crippen molar-refractivity contribution >= 4 is 27.3 Å². The quantitative estimate of drug-likeness (QED) is 0.758. The van der Waals surface area contributed by atoms with E-state index in [-0.39, 0.29) is 16.4 Å². The molecule has 3 N–H and O–H groups in total. The van der Waals surface area contributed by atoms with Crippen molar-refractivity contribution in [2.24, 2.45) is 0 Å². The summed E-state index contributed by atoms with van der Waals surface area (Å²) in [7, 11) is -2.77. The molecule has 0 saturated carbocycles. The largest absolute Gasteiger partial charge is 0.495 e. The maximum atomic E-state index is 12.3. The number of ether oxygens (including phenoxy) is 1. The number of hydrogen-bond donors (Lipinski definition) is 3. The van der Waals surface area contributed by atoms with E-state index in [0.717, 1.165) is 0 Å². The topological polar surface area (TPSA) is 121 Å². The molecular weight excluding hydrogens is 334 g/mol. The first-order valence-electron chi connectivity index (χ1n) is 5.94. The summed E-state index contributed by atoms with van der Waals surface area (Å²) in [6.45, 7) is 1.31. The van der Waals surface area contributed by atoms with Crippen LogP contribution >= 0.6 is 11.6 Å². The molecule has 118 valence electrons. The third-order valence-corrected chi connectivity index (χ3v) is 4.58. The number of aromatic amines is 2. The number of methoxy groups -OCH3 is 1. The van der Waals surface area contributed by atoms with Crippen LogP contribution < -0.4 is 20.7 Å². The fraction of sp³-hybridized carbons (Fsp3) is 0.167. The number of hydrogen-bond acceptors (Lipinski definition) is 5. The van der Waals surface area contributed by atoms with Gasteiger partial charge < -0.3 is 9.72 Å². The normalized spacial score (nSPS) is 11.2. The van der Waals surface area contributed by atoms with Crippen molar-refractivity contribution in [3.8, 4) is 5.75 Å². The van der Waals surface area contributed by atoms with Gasteiger partial charge in [0.15, 0.2) is 4.90 Å². The zero-order valence-electron chi connectivity index (χ0n) is 11.6. The van der Waals surface area contributed by atoms with Crippen LogP contribution in [-0.2, 0) is 10.0 Å². The van der Waals surface area contributed by atoms with Gasteiger partial charge in [-0.3, -0.25) is 14.5 Å². The van der Waals surface area contributed by atoms with E-state index in [2.05, 4.69) is 9.71 Å². The van der Waals surface area contributed by atoms with E-state index in [1.54, 1.807) is 0 Å². The molecule has 8 nitrogen and oxygen atoms in total. The van der Waals surface area contributed by atoms with Crippen LogP contribution in [0.1, 0.15) is 5.69 Å². The average molecular weight is 346 g/mol. The van der Waals surface area contributed by atoms with E-state index in [1.807, 2.05) is 4.98 Å². The number of rotatable bonds is 4. The highest BCUT2D eigenvalue weighted by Crippen LogP contribution is 2.28. The Morgan fingerprint density at radius 3 is 2.45 bits per heavy atom. The molecule has 1 aromatic heterocycles. The number of benzene rings is 1. The molecule has 0 spiro atoms. The van der Waals surface area contributed by atoms with Gasteiger partial charge in [-0.1, -0.05) is 11.6 Å². The monoisotopic (exact) mass is 345 g/mol. The minimum absolute atomic E-state index is 0.0686. The van der Waals surface area contributed by atoms with Gasteiger partial charge in [0.25, 0.3) is 15.6 Å². The molecule has 1 aromatic carbocycles. The Hall–Kier alpha value is -2.26. The number of halogens is 1. The van der Waals surface area contributed by atoms with Crippen LogP contribution in [-0.4, -0.2) is 25.5 Å². The highest BCUT2D eigenvalue weighted by Gasteiger charge is 2.22. The minimum Gasteiger partial charge on any atom is -0.495 e. The Labute approximate surface area is 130 Å². The lowest BCUT2D eigenvalue weighted by Gasteiger charge is -2.10. The summed E-state index contributed by atoms with van der Waals surface area (Å²) < 4.78 is 31.8. The van der Waals surface area contributed by atoms with Crippen LogP contribution in [0.3, 0.4) is 0 Å². The molecule has 2 rings (SSSR count). The van der Waals surface area contributed by atoms with Crippen molar-refractivity contribution in [2.45, 2.75) is 11.8 Å². The first kappa shape index (κ1) is 16.1.